The Morgan fingerprint density at radius 3 is 2.68 bits per heavy atom. The fraction of sp³-hybridized carbons (Fsp3) is 0.294. The molecule has 1 aromatic carbocycles. The second-order valence-corrected chi connectivity index (χ2v) is 9.68. The van der Waals surface area contributed by atoms with Gasteiger partial charge in [0, 0.05) is 0 Å². The van der Waals surface area contributed by atoms with Gasteiger partial charge >= 0.3 is 0 Å². The predicted molar refractivity (Wildman–Crippen MR) is 104 cm³/mol. The van der Waals surface area contributed by atoms with Crippen molar-refractivity contribution in [1.29, 1.82) is 0 Å². The monoisotopic (exact) mass is 395 g/mol. The first-order valence-corrected chi connectivity index (χ1v) is 10.8. The number of rotatable bonds is 5. The second kappa shape index (κ2) is 7.31. The van der Waals surface area contributed by atoms with E-state index in [1.165, 1.54) is 16.7 Å². The van der Waals surface area contributed by atoms with Crippen LogP contribution in [0.1, 0.15) is 12.0 Å². The van der Waals surface area contributed by atoms with Crippen LogP contribution in [0.5, 0.6) is 5.75 Å². The summed E-state index contributed by atoms with van der Waals surface area (Å²) in [4.78, 5) is 14.6. The van der Waals surface area contributed by atoms with Gasteiger partial charge in [0.1, 0.15) is 16.7 Å². The Kier molecular flexibility index (Phi) is 5.31. The first kappa shape index (κ1) is 18.2. The first-order chi connectivity index (χ1) is 11.9. The highest BCUT2D eigenvalue weighted by Gasteiger charge is 2.42. The highest BCUT2D eigenvalue weighted by molar-refractivity contribution is 8.26. The maximum Gasteiger partial charge on any atom is 0.266 e. The SMILES string of the molecule is C=CCOc1ccc(/C=C2/SC(=S)N([C@@H]3CCS(=O)(=O)C3)C2=O)cc1. The zero-order chi connectivity index (χ0) is 18.0. The van der Waals surface area contributed by atoms with Crippen molar-refractivity contribution >= 4 is 50.1 Å². The second-order valence-electron chi connectivity index (χ2n) is 5.78. The van der Waals surface area contributed by atoms with Gasteiger partial charge in [-0.2, -0.15) is 0 Å². The maximum atomic E-state index is 12.6. The lowest BCUT2D eigenvalue weighted by Crippen LogP contribution is -2.39. The van der Waals surface area contributed by atoms with Gasteiger partial charge < -0.3 is 4.74 Å². The minimum Gasteiger partial charge on any atom is -0.490 e. The van der Waals surface area contributed by atoms with E-state index in [1.807, 2.05) is 24.3 Å². The van der Waals surface area contributed by atoms with Gasteiger partial charge in [-0.25, -0.2) is 8.42 Å². The molecule has 0 spiro atoms. The molecule has 2 heterocycles. The molecule has 2 saturated heterocycles. The Morgan fingerprint density at radius 1 is 1.36 bits per heavy atom. The summed E-state index contributed by atoms with van der Waals surface area (Å²) in [7, 11) is -3.07. The van der Waals surface area contributed by atoms with Gasteiger partial charge in [-0.05, 0) is 30.2 Å². The van der Waals surface area contributed by atoms with Gasteiger partial charge in [0.2, 0.25) is 0 Å². The molecular weight excluding hydrogens is 378 g/mol. The minimum atomic E-state index is -3.07. The van der Waals surface area contributed by atoms with Crippen LogP contribution in [0.4, 0.5) is 0 Å². The van der Waals surface area contributed by atoms with Gasteiger partial charge in [-0.1, -0.05) is 48.8 Å². The number of sulfone groups is 1. The molecule has 25 heavy (non-hydrogen) atoms. The van der Waals surface area contributed by atoms with Gasteiger partial charge in [-0.3, -0.25) is 9.69 Å². The van der Waals surface area contributed by atoms with Crippen molar-refractivity contribution in [1.82, 2.24) is 4.90 Å². The fourth-order valence-electron chi connectivity index (χ4n) is 2.74. The molecule has 0 N–H and O–H groups in total. The van der Waals surface area contributed by atoms with Gasteiger partial charge in [-0.15, -0.1) is 0 Å². The number of carbonyl (C=O) groups is 1. The van der Waals surface area contributed by atoms with Gasteiger partial charge in [0.15, 0.2) is 9.84 Å². The van der Waals surface area contributed by atoms with Crippen LogP contribution in [0, 0.1) is 0 Å². The third-order valence-corrected chi connectivity index (χ3v) is 7.02. The van der Waals surface area contributed by atoms with E-state index < -0.39 is 9.84 Å². The van der Waals surface area contributed by atoms with Crippen molar-refractivity contribution in [2.45, 2.75) is 12.5 Å². The normalized spacial score (nSPS) is 24.1. The molecule has 0 bridgehead atoms. The number of carbonyl (C=O) groups excluding carboxylic acids is 1. The molecule has 1 atom stereocenters. The average Bonchev–Trinajstić information content (AvgIpc) is 3.05. The van der Waals surface area contributed by atoms with E-state index in [1.54, 1.807) is 12.2 Å². The summed E-state index contributed by atoms with van der Waals surface area (Å²) >= 11 is 6.51. The van der Waals surface area contributed by atoms with Crippen LogP contribution in [-0.4, -0.2) is 47.7 Å². The molecule has 0 saturated carbocycles. The lowest BCUT2D eigenvalue weighted by atomic mass is 10.2. The summed E-state index contributed by atoms with van der Waals surface area (Å²) in [6.07, 6.45) is 3.87. The van der Waals surface area contributed by atoms with E-state index in [2.05, 4.69) is 6.58 Å². The van der Waals surface area contributed by atoms with Crippen LogP contribution in [0.3, 0.4) is 0 Å². The quantitative estimate of drug-likeness (QED) is 0.434. The molecule has 3 rings (SSSR count). The summed E-state index contributed by atoms with van der Waals surface area (Å²) in [5.74, 6) is 0.604. The molecule has 0 radical (unpaired) electrons. The smallest absolute Gasteiger partial charge is 0.266 e. The number of hydrogen-bond acceptors (Lipinski definition) is 6. The number of ether oxygens (including phenoxy) is 1. The van der Waals surface area contributed by atoms with Crippen molar-refractivity contribution in [3.8, 4) is 5.75 Å². The topological polar surface area (TPSA) is 63.7 Å². The van der Waals surface area contributed by atoms with Crippen LogP contribution < -0.4 is 4.74 Å². The summed E-state index contributed by atoms with van der Waals surface area (Å²) in [5.41, 5.74) is 0.852. The number of benzene rings is 1. The molecule has 5 nitrogen and oxygen atoms in total. The van der Waals surface area contributed by atoms with Crippen LogP contribution in [0.25, 0.3) is 6.08 Å². The number of thiocarbonyl (C=S) groups is 1. The average molecular weight is 396 g/mol. The van der Waals surface area contributed by atoms with Crippen LogP contribution in [0.15, 0.2) is 41.8 Å². The maximum absolute atomic E-state index is 12.6. The highest BCUT2D eigenvalue weighted by atomic mass is 32.2. The Balaban J connectivity index is 1.75. The molecule has 0 aliphatic carbocycles. The standard InChI is InChI=1S/C17H17NO4S3/c1-2-8-22-14-5-3-12(4-6-14)10-15-16(19)18(17(23)24-15)13-7-9-25(20,21)11-13/h2-6,10,13H,1,7-9,11H2/b15-10+/t13-/m1/s1. The summed E-state index contributed by atoms with van der Waals surface area (Å²) in [6.45, 7) is 4.03. The van der Waals surface area contributed by atoms with E-state index in [9.17, 15) is 13.2 Å². The van der Waals surface area contributed by atoms with E-state index in [-0.39, 0.29) is 23.5 Å². The molecule has 8 heteroatoms. The third kappa shape index (κ3) is 4.13. The molecule has 2 aliphatic heterocycles. The van der Waals surface area contributed by atoms with Gasteiger partial charge in [0.05, 0.1) is 22.5 Å². The van der Waals surface area contributed by atoms with Crippen molar-refractivity contribution in [3.63, 3.8) is 0 Å². The third-order valence-electron chi connectivity index (χ3n) is 3.94. The number of hydrogen-bond donors (Lipinski definition) is 0. The zero-order valence-electron chi connectivity index (χ0n) is 13.4. The van der Waals surface area contributed by atoms with E-state index in [4.69, 9.17) is 17.0 Å². The Bertz CT molecular complexity index is 843. The van der Waals surface area contributed by atoms with Crippen molar-refractivity contribution in [3.05, 3.63) is 47.4 Å². The molecular formula is C17H17NO4S3. The molecule has 1 amide bonds. The van der Waals surface area contributed by atoms with Crippen LogP contribution >= 0.6 is 24.0 Å². The van der Waals surface area contributed by atoms with Crippen molar-refractivity contribution in [2.75, 3.05) is 18.1 Å². The molecule has 1 aromatic rings. The Labute approximate surface area is 156 Å². The number of amides is 1. The predicted octanol–water partition coefficient (Wildman–Crippen LogP) is 2.64. The summed E-state index contributed by atoms with van der Waals surface area (Å²) in [6, 6.07) is 6.99. The molecule has 0 unspecified atom stereocenters. The summed E-state index contributed by atoms with van der Waals surface area (Å²) < 4.78 is 29.2. The zero-order valence-corrected chi connectivity index (χ0v) is 15.8. The van der Waals surface area contributed by atoms with Crippen molar-refractivity contribution in [2.24, 2.45) is 0 Å². The van der Waals surface area contributed by atoms with E-state index >= 15 is 0 Å². The van der Waals surface area contributed by atoms with Crippen LogP contribution in [0.2, 0.25) is 0 Å². The lowest BCUT2D eigenvalue weighted by Gasteiger charge is -2.20. The molecule has 2 aliphatic rings. The largest absolute Gasteiger partial charge is 0.490 e. The summed E-state index contributed by atoms with van der Waals surface area (Å²) in [5, 5.41) is 0. The Hall–Kier alpha value is -1.64. The molecule has 2 fully saturated rings. The van der Waals surface area contributed by atoms with E-state index in [0.717, 1.165) is 11.3 Å². The van der Waals surface area contributed by atoms with Crippen LogP contribution in [-0.2, 0) is 14.6 Å². The van der Waals surface area contributed by atoms with Crippen molar-refractivity contribution < 1.29 is 17.9 Å². The molecule has 0 aromatic heterocycles. The molecule has 132 valence electrons. The Morgan fingerprint density at radius 2 is 2.08 bits per heavy atom. The highest BCUT2D eigenvalue weighted by Crippen LogP contribution is 2.36. The van der Waals surface area contributed by atoms with E-state index in [0.29, 0.717) is 22.3 Å². The first-order valence-electron chi connectivity index (χ1n) is 7.71. The lowest BCUT2D eigenvalue weighted by molar-refractivity contribution is -0.123. The fourth-order valence-corrected chi connectivity index (χ4v) is 5.84. The minimum absolute atomic E-state index is 0.0118. The van der Waals surface area contributed by atoms with Gasteiger partial charge in [0.25, 0.3) is 5.91 Å². The number of thioether (sulfide) groups is 1. The number of nitrogens with zero attached hydrogens (tertiary/aromatic N) is 1.